The van der Waals surface area contributed by atoms with Crippen LogP contribution < -0.4 is 5.32 Å². The van der Waals surface area contributed by atoms with E-state index in [9.17, 15) is 4.79 Å². The van der Waals surface area contributed by atoms with Crippen molar-refractivity contribution in [3.05, 3.63) is 108 Å². The number of hydrogen-bond donors (Lipinski definition) is 2. The van der Waals surface area contributed by atoms with E-state index in [-0.39, 0.29) is 5.91 Å². The molecule has 2 aromatic heterocycles. The molecule has 5 rings (SSSR count). The van der Waals surface area contributed by atoms with Crippen molar-refractivity contribution in [2.75, 3.05) is 6.54 Å². The summed E-state index contributed by atoms with van der Waals surface area (Å²) in [6.45, 7) is 0.547. The molecule has 0 fully saturated rings. The smallest absolute Gasteiger partial charge is 0.252 e. The molecule has 0 atom stereocenters. The molecule has 1 amide bonds. The number of nitrogens with one attached hydrogen (secondary N) is 2. The molecule has 32 heavy (non-hydrogen) atoms. The summed E-state index contributed by atoms with van der Waals surface area (Å²) in [7, 11) is 0. The first-order valence-corrected chi connectivity index (χ1v) is 10.6. The first kappa shape index (κ1) is 19.7. The summed E-state index contributed by atoms with van der Waals surface area (Å²) in [6, 6.07) is 31.7. The second-order valence-electron chi connectivity index (χ2n) is 7.58. The molecular weight excluding hydrogens is 396 g/mol. The van der Waals surface area contributed by atoms with Gasteiger partial charge in [0.2, 0.25) is 0 Å². The Morgan fingerprint density at radius 1 is 0.812 bits per heavy atom. The number of carbonyl (C=O) groups is 1. The standard InChI is InChI=1S/C27H22N4O/c32-27(28-17-16-19-10-4-1-5-11-19)22-18-23(20-12-6-2-7-13-20)29-26-24(22)25(30-31-26)21-14-8-3-9-15-21/h1-15,18H,16-17H2,(H,28,32)(H,29,30,31). The van der Waals surface area contributed by atoms with Crippen LogP contribution in [0.15, 0.2) is 97.1 Å². The molecule has 0 bridgehead atoms. The number of benzene rings is 3. The highest BCUT2D eigenvalue weighted by Gasteiger charge is 2.20. The maximum atomic E-state index is 13.3. The average Bonchev–Trinajstić information content (AvgIpc) is 3.29. The molecule has 5 aromatic rings. The lowest BCUT2D eigenvalue weighted by molar-refractivity contribution is 0.0956. The number of aromatic nitrogens is 3. The summed E-state index contributed by atoms with van der Waals surface area (Å²) in [5.41, 5.74) is 5.69. The van der Waals surface area contributed by atoms with Gasteiger partial charge in [-0.1, -0.05) is 91.0 Å². The molecular formula is C27H22N4O. The normalized spacial score (nSPS) is 10.9. The lowest BCUT2D eigenvalue weighted by Crippen LogP contribution is -2.26. The Morgan fingerprint density at radius 3 is 2.12 bits per heavy atom. The molecule has 0 saturated heterocycles. The molecule has 0 aliphatic rings. The topological polar surface area (TPSA) is 70.7 Å². The van der Waals surface area contributed by atoms with Crippen LogP contribution in [0.4, 0.5) is 0 Å². The zero-order valence-electron chi connectivity index (χ0n) is 17.5. The van der Waals surface area contributed by atoms with Crippen molar-refractivity contribution in [3.63, 3.8) is 0 Å². The van der Waals surface area contributed by atoms with Crippen LogP contribution in [0.25, 0.3) is 33.5 Å². The van der Waals surface area contributed by atoms with Crippen LogP contribution >= 0.6 is 0 Å². The molecule has 0 spiro atoms. The Labute approximate surface area is 186 Å². The molecule has 2 heterocycles. The largest absolute Gasteiger partial charge is 0.352 e. The minimum absolute atomic E-state index is 0.135. The SMILES string of the molecule is O=C(NCCc1ccccc1)c1cc(-c2ccccc2)nc2n[nH]c(-c3ccccc3)c12. The Kier molecular flexibility index (Phi) is 5.45. The van der Waals surface area contributed by atoms with Gasteiger partial charge in [0.25, 0.3) is 5.91 Å². The zero-order chi connectivity index (χ0) is 21.8. The zero-order valence-corrected chi connectivity index (χ0v) is 17.5. The van der Waals surface area contributed by atoms with Crippen molar-refractivity contribution in [2.24, 2.45) is 0 Å². The number of nitrogens with zero attached hydrogens (tertiary/aromatic N) is 2. The minimum atomic E-state index is -0.135. The van der Waals surface area contributed by atoms with Crippen LogP contribution in [-0.4, -0.2) is 27.6 Å². The van der Waals surface area contributed by atoms with E-state index in [2.05, 4.69) is 27.6 Å². The van der Waals surface area contributed by atoms with Gasteiger partial charge in [-0.25, -0.2) is 4.98 Å². The predicted molar refractivity (Wildman–Crippen MR) is 127 cm³/mol. The van der Waals surface area contributed by atoms with Gasteiger partial charge >= 0.3 is 0 Å². The van der Waals surface area contributed by atoms with Gasteiger partial charge in [0, 0.05) is 17.7 Å². The van der Waals surface area contributed by atoms with Gasteiger partial charge in [0.15, 0.2) is 5.65 Å². The van der Waals surface area contributed by atoms with E-state index in [1.165, 1.54) is 5.56 Å². The van der Waals surface area contributed by atoms with Crippen molar-refractivity contribution in [1.29, 1.82) is 0 Å². The summed E-state index contributed by atoms with van der Waals surface area (Å²) >= 11 is 0. The van der Waals surface area contributed by atoms with Crippen molar-refractivity contribution >= 4 is 16.9 Å². The fourth-order valence-electron chi connectivity index (χ4n) is 3.83. The highest BCUT2D eigenvalue weighted by atomic mass is 16.1. The monoisotopic (exact) mass is 418 g/mol. The van der Waals surface area contributed by atoms with E-state index in [1.54, 1.807) is 0 Å². The summed E-state index contributed by atoms with van der Waals surface area (Å²) in [5.74, 6) is -0.135. The highest BCUT2D eigenvalue weighted by molar-refractivity contribution is 6.10. The maximum Gasteiger partial charge on any atom is 0.252 e. The number of pyridine rings is 1. The fraction of sp³-hybridized carbons (Fsp3) is 0.0741. The van der Waals surface area contributed by atoms with Crippen LogP contribution in [-0.2, 0) is 6.42 Å². The van der Waals surface area contributed by atoms with E-state index >= 15 is 0 Å². The third kappa shape index (κ3) is 4.01. The third-order valence-electron chi connectivity index (χ3n) is 5.44. The van der Waals surface area contributed by atoms with Crippen LogP contribution in [0, 0.1) is 0 Å². The molecule has 5 heteroatoms. The van der Waals surface area contributed by atoms with Crippen molar-refractivity contribution in [2.45, 2.75) is 6.42 Å². The third-order valence-corrected chi connectivity index (χ3v) is 5.44. The van der Waals surface area contributed by atoms with Gasteiger partial charge in [-0.3, -0.25) is 9.89 Å². The van der Waals surface area contributed by atoms with Crippen LogP contribution in [0.3, 0.4) is 0 Å². The van der Waals surface area contributed by atoms with Gasteiger partial charge < -0.3 is 5.32 Å². The Bertz CT molecular complexity index is 1350. The molecule has 156 valence electrons. The molecule has 0 saturated carbocycles. The fourth-order valence-corrected chi connectivity index (χ4v) is 3.83. The van der Waals surface area contributed by atoms with Gasteiger partial charge in [-0.05, 0) is 18.1 Å². The molecule has 0 radical (unpaired) electrons. The average molecular weight is 419 g/mol. The van der Waals surface area contributed by atoms with E-state index in [4.69, 9.17) is 4.98 Å². The number of aromatic amines is 1. The van der Waals surface area contributed by atoms with E-state index in [0.29, 0.717) is 17.8 Å². The Hall–Kier alpha value is -4.25. The van der Waals surface area contributed by atoms with Crippen LogP contribution in [0.1, 0.15) is 15.9 Å². The predicted octanol–water partition coefficient (Wildman–Crippen LogP) is 5.26. The lowest BCUT2D eigenvalue weighted by atomic mass is 10.0. The number of hydrogen-bond acceptors (Lipinski definition) is 3. The van der Waals surface area contributed by atoms with Gasteiger partial charge in [-0.15, -0.1) is 0 Å². The molecule has 5 nitrogen and oxygen atoms in total. The molecule has 0 aliphatic carbocycles. The van der Waals surface area contributed by atoms with Gasteiger partial charge in [0.1, 0.15) is 0 Å². The summed E-state index contributed by atoms with van der Waals surface area (Å²) in [6.07, 6.45) is 0.767. The first-order valence-electron chi connectivity index (χ1n) is 10.6. The summed E-state index contributed by atoms with van der Waals surface area (Å²) in [5, 5.41) is 11.3. The number of fused-ring (bicyclic) bond motifs is 1. The number of rotatable bonds is 6. The number of carbonyl (C=O) groups excluding carboxylic acids is 1. The van der Waals surface area contributed by atoms with Crippen molar-refractivity contribution in [1.82, 2.24) is 20.5 Å². The molecule has 3 aromatic carbocycles. The second-order valence-corrected chi connectivity index (χ2v) is 7.58. The quantitative estimate of drug-likeness (QED) is 0.395. The first-order chi connectivity index (χ1) is 15.8. The van der Waals surface area contributed by atoms with Crippen molar-refractivity contribution in [3.8, 4) is 22.5 Å². The van der Waals surface area contributed by atoms with Crippen molar-refractivity contribution < 1.29 is 4.79 Å². The van der Waals surface area contributed by atoms with E-state index < -0.39 is 0 Å². The Morgan fingerprint density at radius 2 is 1.44 bits per heavy atom. The summed E-state index contributed by atoms with van der Waals surface area (Å²) in [4.78, 5) is 18.1. The number of amides is 1. The lowest BCUT2D eigenvalue weighted by Gasteiger charge is -2.10. The van der Waals surface area contributed by atoms with E-state index in [0.717, 1.165) is 34.3 Å². The molecule has 0 aliphatic heterocycles. The number of H-pyrrole nitrogens is 1. The maximum absolute atomic E-state index is 13.3. The summed E-state index contributed by atoms with van der Waals surface area (Å²) < 4.78 is 0. The Balaban J connectivity index is 1.54. The van der Waals surface area contributed by atoms with Gasteiger partial charge in [0.05, 0.1) is 22.3 Å². The highest BCUT2D eigenvalue weighted by Crippen LogP contribution is 2.31. The molecule has 0 unspecified atom stereocenters. The second kappa shape index (κ2) is 8.86. The minimum Gasteiger partial charge on any atom is -0.352 e. The van der Waals surface area contributed by atoms with Gasteiger partial charge in [-0.2, -0.15) is 5.10 Å². The van der Waals surface area contributed by atoms with Crippen LogP contribution in [0.5, 0.6) is 0 Å². The van der Waals surface area contributed by atoms with E-state index in [1.807, 2.05) is 84.9 Å². The molecule has 2 N–H and O–H groups in total. The van der Waals surface area contributed by atoms with Crippen LogP contribution in [0.2, 0.25) is 0 Å².